The van der Waals surface area contributed by atoms with E-state index >= 15 is 0 Å². The number of rotatable bonds is 6. The van der Waals surface area contributed by atoms with Crippen LogP contribution in [0.25, 0.3) is 10.8 Å². The SMILES string of the molecule is CCN1CCCN(C(c2cccc(NS(=O)(=O)c3ccc4ccccc4c3)c2)C(F)(F)F)CC1. The van der Waals surface area contributed by atoms with E-state index in [4.69, 9.17) is 0 Å². The Kier molecular flexibility index (Phi) is 7.16. The first kappa shape index (κ1) is 24.5. The highest BCUT2D eigenvalue weighted by Gasteiger charge is 2.45. The number of hydrogen-bond donors (Lipinski definition) is 1. The van der Waals surface area contributed by atoms with Gasteiger partial charge in [0.2, 0.25) is 0 Å². The zero-order valence-electron chi connectivity index (χ0n) is 18.9. The first-order valence-electron chi connectivity index (χ1n) is 11.3. The van der Waals surface area contributed by atoms with Crippen LogP contribution in [0.15, 0.2) is 71.6 Å². The molecule has 1 fully saturated rings. The smallest absolute Gasteiger partial charge is 0.302 e. The summed E-state index contributed by atoms with van der Waals surface area (Å²) in [7, 11) is -3.98. The zero-order chi connectivity index (χ0) is 24.3. The zero-order valence-corrected chi connectivity index (χ0v) is 19.7. The molecule has 1 N–H and O–H groups in total. The van der Waals surface area contributed by atoms with E-state index in [2.05, 4.69) is 9.62 Å². The van der Waals surface area contributed by atoms with Gasteiger partial charge in [0.25, 0.3) is 10.0 Å². The Hall–Kier alpha value is -2.62. The van der Waals surface area contributed by atoms with Crippen LogP contribution in [-0.2, 0) is 10.0 Å². The first-order valence-corrected chi connectivity index (χ1v) is 12.8. The van der Waals surface area contributed by atoms with Gasteiger partial charge in [-0.25, -0.2) is 8.42 Å². The number of halogens is 3. The molecule has 1 unspecified atom stereocenters. The Morgan fingerprint density at radius 1 is 0.912 bits per heavy atom. The van der Waals surface area contributed by atoms with Crippen molar-refractivity contribution in [2.75, 3.05) is 37.4 Å². The van der Waals surface area contributed by atoms with E-state index in [1.165, 1.54) is 35.2 Å². The van der Waals surface area contributed by atoms with Gasteiger partial charge in [0, 0.05) is 25.3 Å². The molecule has 4 rings (SSSR count). The molecule has 34 heavy (non-hydrogen) atoms. The second kappa shape index (κ2) is 9.93. The summed E-state index contributed by atoms with van der Waals surface area (Å²) in [5, 5.41) is 1.66. The molecule has 1 saturated heterocycles. The molecule has 0 bridgehead atoms. The van der Waals surface area contributed by atoms with Crippen molar-refractivity contribution in [3.8, 4) is 0 Å². The molecule has 0 aromatic heterocycles. The average Bonchev–Trinajstić information content (AvgIpc) is 3.03. The van der Waals surface area contributed by atoms with Crippen molar-refractivity contribution in [1.82, 2.24) is 9.80 Å². The fourth-order valence-corrected chi connectivity index (χ4v) is 5.58. The Morgan fingerprint density at radius 3 is 2.41 bits per heavy atom. The quantitative estimate of drug-likeness (QED) is 0.510. The van der Waals surface area contributed by atoms with Crippen molar-refractivity contribution in [1.29, 1.82) is 0 Å². The van der Waals surface area contributed by atoms with Crippen LogP contribution in [-0.4, -0.2) is 57.1 Å². The van der Waals surface area contributed by atoms with Gasteiger partial charge < -0.3 is 4.90 Å². The predicted octanol–water partition coefficient (Wildman–Crippen LogP) is 5.27. The number of alkyl halides is 3. The third kappa shape index (κ3) is 5.54. The highest BCUT2D eigenvalue weighted by atomic mass is 32.2. The maximum atomic E-state index is 14.2. The number of nitrogens with one attached hydrogen (secondary N) is 1. The molecule has 1 atom stereocenters. The van der Waals surface area contributed by atoms with Crippen LogP contribution in [0.1, 0.15) is 24.9 Å². The number of sulfonamides is 1. The van der Waals surface area contributed by atoms with Crippen molar-refractivity contribution in [3.05, 3.63) is 72.3 Å². The highest BCUT2D eigenvalue weighted by Crippen LogP contribution is 2.39. The minimum absolute atomic E-state index is 0.0242. The lowest BCUT2D eigenvalue weighted by Crippen LogP contribution is -2.40. The number of hydrogen-bond acceptors (Lipinski definition) is 4. The van der Waals surface area contributed by atoms with Crippen LogP contribution in [0, 0.1) is 0 Å². The van der Waals surface area contributed by atoms with Crippen molar-refractivity contribution in [2.24, 2.45) is 0 Å². The van der Waals surface area contributed by atoms with E-state index in [-0.39, 0.29) is 16.1 Å². The molecule has 3 aromatic rings. The summed E-state index contributed by atoms with van der Waals surface area (Å²) < 4.78 is 71.0. The van der Waals surface area contributed by atoms with Crippen LogP contribution in [0.3, 0.4) is 0 Å². The van der Waals surface area contributed by atoms with Crippen molar-refractivity contribution >= 4 is 26.5 Å². The lowest BCUT2D eigenvalue weighted by atomic mass is 10.0. The van der Waals surface area contributed by atoms with Gasteiger partial charge in [-0.2, -0.15) is 13.2 Å². The maximum Gasteiger partial charge on any atom is 0.408 e. The molecule has 3 aromatic carbocycles. The summed E-state index contributed by atoms with van der Waals surface area (Å²) in [4.78, 5) is 3.64. The summed E-state index contributed by atoms with van der Waals surface area (Å²) in [6.07, 6.45) is -3.84. The largest absolute Gasteiger partial charge is 0.408 e. The normalized spacial score (nSPS) is 17.4. The molecule has 0 amide bonds. The molecule has 0 spiro atoms. The Labute approximate surface area is 198 Å². The van der Waals surface area contributed by atoms with Crippen LogP contribution < -0.4 is 4.72 Å². The molecular formula is C25H28F3N3O2S. The molecular weight excluding hydrogens is 463 g/mol. The highest BCUT2D eigenvalue weighted by molar-refractivity contribution is 7.92. The molecule has 0 radical (unpaired) electrons. The fourth-order valence-electron chi connectivity index (χ4n) is 4.49. The van der Waals surface area contributed by atoms with Gasteiger partial charge >= 0.3 is 6.18 Å². The third-order valence-electron chi connectivity index (χ3n) is 6.23. The molecule has 9 heteroatoms. The number of benzene rings is 3. The van der Waals surface area contributed by atoms with Gasteiger partial charge in [0.05, 0.1) is 4.90 Å². The Bertz CT molecular complexity index is 1250. The topological polar surface area (TPSA) is 52.6 Å². The van der Waals surface area contributed by atoms with Gasteiger partial charge in [0.15, 0.2) is 0 Å². The van der Waals surface area contributed by atoms with Gasteiger partial charge in [0.1, 0.15) is 6.04 Å². The van der Waals surface area contributed by atoms with Crippen LogP contribution in [0.4, 0.5) is 18.9 Å². The number of anilines is 1. The lowest BCUT2D eigenvalue weighted by Gasteiger charge is -2.32. The van der Waals surface area contributed by atoms with Crippen molar-refractivity contribution < 1.29 is 21.6 Å². The van der Waals surface area contributed by atoms with E-state index in [1.807, 2.05) is 31.2 Å². The monoisotopic (exact) mass is 491 g/mol. The summed E-state index contributed by atoms with van der Waals surface area (Å²) >= 11 is 0. The lowest BCUT2D eigenvalue weighted by molar-refractivity contribution is -0.186. The summed E-state index contributed by atoms with van der Waals surface area (Å²) in [5.41, 5.74) is 0.126. The number of nitrogens with zero attached hydrogens (tertiary/aromatic N) is 2. The molecule has 0 saturated carbocycles. The van der Waals surface area contributed by atoms with Crippen molar-refractivity contribution in [2.45, 2.75) is 30.5 Å². The number of likely N-dealkylation sites (N-methyl/N-ethyl adjacent to an activating group) is 1. The van der Waals surface area contributed by atoms with Crippen LogP contribution >= 0.6 is 0 Å². The first-order chi connectivity index (χ1) is 16.2. The Balaban J connectivity index is 1.61. The van der Waals surface area contributed by atoms with Crippen LogP contribution in [0.5, 0.6) is 0 Å². The summed E-state index contributed by atoms with van der Waals surface area (Å²) in [6.45, 7) is 4.76. The number of fused-ring (bicyclic) bond motifs is 1. The fraction of sp³-hybridized carbons (Fsp3) is 0.360. The van der Waals surface area contributed by atoms with Gasteiger partial charge in [-0.15, -0.1) is 0 Å². The molecule has 182 valence electrons. The van der Waals surface area contributed by atoms with E-state index < -0.39 is 22.2 Å². The van der Waals surface area contributed by atoms with Gasteiger partial charge in [-0.05, 0) is 60.1 Å². The second-order valence-electron chi connectivity index (χ2n) is 8.51. The maximum absolute atomic E-state index is 14.2. The molecule has 5 nitrogen and oxygen atoms in total. The summed E-state index contributed by atoms with van der Waals surface area (Å²) in [6, 6.07) is 15.9. The minimum Gasteiger partial charge on any atom is -0.302 e. The van der Waals surface area contributed by atoms with Gasteiger partial charge in [-0.1, -0.05) is 49.4 Å². The standard InChI is InChI=1S/C25H28F3N3O2S/c1-2-30-13-6-14-31(16-15-30)24(25(26,27)28)21-9-5-10-22(17-21)29-34(32,33)23-12-11-19-7-3-4-8-20(19)18-23/h3-5,7-12,17-18,24,29H,2,6,13-16H2,1H3. The van der Waals surface area contributed by atoms with E-state index in [1.54, 1.807) is 12.1 Å². The minimum atomic E-state index is -4.49. The molecule has 1 aliphatic heterocycles. The van der Waals surface area contributed by atoms with Crippen molar-refractivity contribution in [3.63, 3.8) is 0 Å². The summed E-state index contributed by atoms with van der Waals surface area (Å²) in [5.74, 6) is 0. The van der Waals surface area contributed by atoms with Gasteiger partial charge in [-0.3, -0.25) is 9.62 Å². The molecule has 1 aliphatic rings. The third-order valence-corrected chi connectivity index (χ3v) is 7.61. The van der Waals surface area contributed by atoms with E-state index in [0.29, 0.717) is 26.1 Å². The predicted molar refractivity (Wildman–Crippen MR) is 128 cm³/mol. The van der Waals surface area contributed by atoms with E-state index in [0.717, 1.165) is 23.9 Å². The molecule has 1 heterocycles. The van der Waals surface area contributed by atoms with E-state index in [9.17, 15) is 21.6 Å². The molecule has 0 aliphatic carbocycles. The Morgan fingerprint density at radius 2 is 1.68 bits per heavy atom. The van der Waals surface area contributed by atoms with Crippen LogP contribution in [0.2, 0.25) is 0 Å². The second-order valence-corrected chi connectivity index (χ2v) is 10.2. The average molecular weight is 492 g/mol.